The second kappa shape index (κ2) is 31.7. The maximum Gasteiger partial charge on any atom is 0.325 e. The molecule has 414 valence electrons. The number of aromatic amines is 1. The van der Waals surface area contributed by atoms with E-state index in [1.165, 1.54) is 31.3 Å². The van der Waals surface area contributed by atoms with Crippen molar-refractivity contribution in [1.82, 2.24) is 57.4 Å². The van der Waals surface area contributed by atoms with E-state index in [9.17, 15) is 58.2 Å². The monoisotopic (exact) mass is 1050 g/mol. The summed E-state index contributed by atoms with van der Waals surface area (Å²) in [5, 5.41) is 48.3. The average molecular weight is 1050 g/mol. The Morgan fingerprint density at radius 2 is 1.24 bits per heavy atom. The number of aliphatic carboxylic acids is 1. The first kappa shape index (κ1) is 62.4. The maximum atomic E-state index is 14.2. The van der Waals surface area contributed by atoms with Gasteiger partial charge in [0, 0.05) is 37.9 Å². The lowest BCUT2D eigenvalue weighted by Crippen LogP contribution is -2.60. The zero-order chi connectivity index (χ0) is 55.7. The number of nitrogens with one attached hydrogen (secondary N) is 9. The van der Waals surface area contributed by atoms with E-state index in [0.29, 0.717) is 12.1 Å². The molecule has 0 aliphatic carbocycles. The first-order valence-corrected chi connectivity index (χ1v) is 23.9. The van der Waals surface area contributed by atoms with Crippen LogP contribution in [0.15, 0.2) is 22.5 Å². The number of nitrogens with zero attached hydrogens (tertiary/aromatic N) is 4. The molecule has 31 heteroatoms. The molecule has 74 heavy (non-hydrogen) atoms. The molecule has 1 aromatic rings. The smallest absolute Gasteiger partial charge is 0.325 e. The van der Waals surface area contributed by atoms with E-state index in [2.05, 4.69) is 62.5 Å². The number of carboxylic acid groups (broad SMARTS) is 1. The number of carboxylic acids is 1. The van der Waals surface area contributed by atoms with Gasteiger partial charge in [0.15, 0.2) is 11.9 Å². The topological polar surface area (TPSA) is 514 Å². The summed E-state index contributed by atoms with van der Waals surface area (Å²) in [7, 11) is 0. The number of guanidine groups is 2. The molecule has 9 atom stereocenters. The Labute approximate surface area is 426 Å². The lowest BCUT2D eigenvalue weighted by molar-refractivity contribution is -0.142. The molecule has 0 radical (unpaired) electrons. The summed E-state index contributed by atoms with van der Waals surface area (Å²) in [5.41, 5.74) is 27.8. The number of aliphatic imine (C=N–C) groups is 2. The quantitative estimate of drug-likeness (QED) is 0.0181. The van der Waals surface area contributed by atoms with E-state index in [1.54, 1.807) is 13.8 Å². The minimum Gasteiger partial charge on any atom is -0.480 e. The van der Waals surface area contributed by atoms with Gasteiger partial charge >= 0.3 is 5.97 Å². The van der Waals surface area contributed by atoms with Crippen LogP contribution < -0.4 is 71.2 Å². The highest BCUT2D eigenvalue weighted by molar-refractivity contribution is 5.98. The van der Waals surface area contributed by atoms with E-state index < -0.39 is 133 Å². The largest absolute Gasteiger partial charge is 0.480 e. The van der Waals surface area contributed by atoms with Crippen molar-refractivity contribution >= 4 is 71.1 Å². The number of rotatable bonds is 32. The number of imidazole rings is 1. The van der Waals surface area contributed by atoms with Crippen LogP contribution in [0.1, 0.15) is 78.3 Å². The van der Waals surface area contributed by atoms with Crippen molar-refractivity contribution in [2.24, 2.45) is 44.6 Å². The molecule has 1 fully saturated rings. The van der Waals surface area contributed by atoms with Gasteiger partial charge in [0.2, 0.25) is 53.2 Å². The molecule has 22 N–H and O–H groups in total. The van der Waals surface area contributed by atoms with Gasteiger partial charge < -0.3 is 96.4 Å². The fraction of sp³-hybridized carbons (Fsp3) is 0.651. The summed E-state index contributed by atoms with van der Waals surface area (Å²) in [4.78, 5) is 148. The molecule has 0 aromatic carbocycles. The van der Waals surface area contributed by atoms with Gasteiger partial charge in [0.25, 0.3) is 0 Å². The summed E-state index contributed by atoms with van der Waals surface area (Å²) in [6, 6.07) is -11.9. The van der Waals surface area contributed by atoms with E-state index in [0.717, 1.165) is 0 Å². The van der Waals surface area contributed by atoms with Crippen LogP contribution in [0.5, 0.6) is 0 Å². The van der Waals surface area contributed by atoms with Gasteiger partial charge in [-0.1, -0.05) is 13.8 Å². The summed E-state index contributed by atoms with van der Waals surface area (Å²) in [6.07, 6.45) is 3.41. The summed E-state index contributed by atoms with van der Waals surface area (Å²) >= 11 is 0. The highest BCUT2D eigenvalue weighted by Crippen LogP contribution is 2.20. The average Bonchev–Trinajstić information content (AvgIpc) is 4.06. The van der Waals surface area contributed by atoms with Crippen LogP contribution in [0.25, 0.3) is 0 Å². The Balaban J connectivity index is 2.20. The third-order valence-corrected chi connectivity index (χ3v) is 11.2. The number of likely N-dealkylation sites (tertiary alicyclic amines) is 1. The number of aliphatic hydroxyl groups is 2. The fourth-order valence-corrected chi connectivity index (χ4v) is 7.25. The van der Waals surface area contributed by atoms with Crippen molar-refractivity contribution in [3.63, 3.8) is 0 Å². The second-order valence-corrected chi connectivity index (χ2v) is 17.9. The number of carbonyl (C=O) groups excluding carboxylic acids is 9. The molecule has 0 spiro atoms. The number of carbonyl (C=O) groups is 10. The van der Waals surface area contributed by atoms with Crippen LogP contribution in [0.2, 0.25) is 0 Å². The molecule has 1 aromatic heterocycles. The molecule has 0 unspecified atom stereocenters. The van der Waals surface area contributed by atoms with Crippen LogP contribution in [-0.2, 0) is 54.4 Å². The first-order valence-electron chi connectivity index (χ1n) is 23.9. The fourth-order valence-electron chi connectivity index (χ4n) is 7.25. The minimum absolute atomic E-state index is 0.00775. The lowest BCUT2D eigenvalue weighted by Gasteiger charge is -2.30. The van der Waals surface area contributed by atoms with Crippen LogP contribution >= 0.6 is 0 Å². The third kappa shape index (κ3) is 22.0. The van der Waals surface area contributed by atoms with Gasteiger partial charge in [-0.05, 0) is 64.7 Å². The number of aliphatic hydroxyl groups excluding tert-OH is 2. The Morgan fingerprint density at radius 1 is 0.703 bits per heavy atom. The van der Waals surface area contributed by atoms with E-state index in [4.69, 9.17) is 33.8 Å². The van der Waals surface area contributed by atoms with E-state index >= 15 is 0 Å². The highest BCUT2D eigenvalue weighted by Gasteiger charge is 2.39. The lowest BCUT2D eigenvalue weighted by atomic mass is 10.0. The molecule has 2 rings (SSSR count). The molecular weight excluding hydrogens is 977 g/mol. The number of nitrogens with two attached hydrogens (primary N) is 5. The van der Waals surface area contributed by atoms with Crippen molar-refractivity contribution in [3.05, 3.63) is 18.2 Å². The standard InChI is InChI=1S/C43H74N18O13/c1-21(2)14-28(37(69)60-30(19-63)38(70)59-29(15-24-16-49-20-53-24)36(68)54-22(3)33(65)55-23(4)41(73)74)56-32(64)17-52-39(71)31-10-7-13-61(31)40(72)27(9-6-12-51-43(47)48)58-35(67)26(8-5-11-50-42(45)46)57-34(66)25(44)18-62/h16,20-23,25-31,62-63H,5-15,17-19,44H2,1-4H3,(H,49,53)(H,52,71)(H,54,68)(H,55,65)(H,56,64)(H,57,66)(H,58,67)(H,59,70)(H,60,69)(H,73,74)(H4,45,46,50)(H4,47,48,51)/t22-,23-,25-,26-,27-,28-,29-,30-,31-/m0/s1. The second-order valence-electron chi connectivity index (χ2n) is 17.9. The Hall–Kier alpha value is -7.67. The van der Waals surface area contributed by atoms with Gasteiger partial charge in [0.05, 0.1) is 26.1 Å². The Bertz CT molecular complexity index is 2130. The third-order valence-electron chi connectivity index (χ3n) is 11.2. The zero-order valence-corrected chi connectivity index (χ0v) is 41.9. The molecule has 0 saturated carbocycles. The van der Waals surface area contributed by atoms with Crippen molar-refractivity contribution in [3.8, 4) is 0 Å². The SMILES string of the molecule is CC(C)C[C@H](NC(=O)CNC(=O)[C@@H]1CCCN1C(=O)[C@H](CCCN=C(N)N)NC(=O)[C@H](CCCN=C(N)N)NC(=O)[C@@H](N)CO)C(=O)N[C@@H](CO)C(=O)N[C@@H](Cc1cnc[nH]1)C(=O)N[C@@H](C)C(=O)N[C@@H](C)C(=O)O. The van der Waals surface area contributed by atoms with Crippen LogP contribution in [-0.4, -0.2) is 195 Å². The predicted octanol–water partition coefficient (Wildman–Crippen LogP) is -7.96. The summed E-state index contributed by atoms with van der Waals surface area (Å²) in [5.74, 6) is -9.48. The van der Waals surface area contributed by atoms with Crippen LogP contribution in [0.4, 0.5) is 0 Å². The van der Waals surface area contributed by atoms with Gasteiger partial charge in [0.1, 0.15) is 54.4 Å². The molecule has 1 aliphatic heterocycles. The normalized spacial score (nSPS) is 16.3. The molecule has 9 amide bonds. The molecule has 0 bridgehead atoms. The van der Waals surface area contributed by atoms with Crippen molar-refractivity contribution in [2.75, 3.05) is 39.4 Å². The van der Waals surface area contributed by atoms with Gasteiger partial charge in [-0.25, -0.2) is 4.98 Å². The van der Waals surface area contributed by atoms with Gasteiger partial charge in [-0.15, -0.1) is 0 Å². The Kier molecular flexibility index (Phi) is 26.8. The number of hydrogen-bond acceptors (Lipinski definition) is 16. The molecular formula is C43H74N18O13. The molecule has 1 saturated heterocycles. The predicted molar refractivity (Wildman–Crippen MR) is 264 cm³/mol. The maximum absolute atomic E-state index is 14.2. The number of hydrogen-bond donors (Lipinski definition) is 17. The number of aromatic nitrogens is 2. The minimum atomic E-state index is -1.67. The molecule has 1 aliphatic rings. The molecule has 2 heterocycles. The van der Waals surface area contributed by atoms with Gasteiger partial charge in [-0.2, -0.15) is 0 Å². The number of H-pyrrole nitrogens is 1. The number of amides is 9. The molecule has 31 nitrogen and oxygen atoms in total. The summed E-state index contributed by atoms with van der Waals surface area (Å²) < 4.78 is 0. The van der Waals surface area contributed by atoms with Crippen molar-refractivity contribution in [1.29, 1.82) is 0 Å². The van der Waals surface area contributed by atoms with Crippen molar-refractivity contribution in [2.45, 2.75) is 133 Å². The zero-order valence-electron chi connectivity index (χ0n) is 41.9. The summed E-state index contributed by atoms with van der Waals surface area (Å²) in [6.45, 7) is 3.90. The van der Waals surface area contributed by atoms with Gasteiger partial charge in [-0.3, -0.25) is 57.9 Å². The van der Waals surface area contributed by atoms with E-state index in [1.807, 2.05) is 0 Å². The van der Waals surface area contributed by atoms with E-state index in [-0.39, 0.29) is 82.4 Å². The Morgan fingerprint density at radius 3 is 1.80 bits per heavy atom. The first-order chi connectivity index (χ1) is 34.9. The van der Waals surface area contributed by atoms with Crippen molar-refractivity contribution < 1.29 is 63.3 Å². The van der Waals surface area contributed by atoms with Crippen LogP contribution in [0.3, 0.4) is 0 Å². The highest BCUT2D eigenvalue weighted by atomic mass is 16.4. The van der Waals surface area contributed by atoms with Crippen LogP contribution in [0, 0.1) is 5.92 Å².